The van der Waals surface area contributed by atoms with Gasteiger partial charge in [0.05, 0.1) is 66.1 Å². The number of nitrogens with zero attached hydrogens (tertiary/aromatic N) is 6. The van der Waals surface area contributed by atoms with Crippen LogP contribution < -0.4 is 20.1 Å². The van der Waals surface area contributed by atoms with E-state index in [9.17, 15) is 24.0 Å². The first-order valence-corrected chi connectivity index (χ1v) is 18.8. The summed E-state index contributed by atoms with van der Waals surface area (Å²) >= 11 is 0. The Hall–Kier alpha value is -6.90. The quantitative estimate of drug-likeness (QED) is 0.295. The van der Waals surface area contributed by atoms with Crippen molar-refractivity contribution in [2.24, 2.45) is 15.0 Å². The summed E-state index contributed by atoms with van der Waals surface area (Å²) in [6, 6.07) is 12.7. The Bertz CT molecular complexity index is 2430. The molecule has 5 amide bonds. The molecule has 2 N–H and O–H groups in total. The molecular formula is C42H38N8O7. The molecule has 57 heavy (non-hydrogen) atoms. The molecule has 0 radical (unpaired) electrons. The molecule has 15 nitrogen and oxygen atoms in total. The van der Waals surface area contributed by atoms with E-state index in [1.165, 1.54) is 14.2 Å². The highest BCUT2D eigenvalue weighted by molar-refractivity contribution is 6.07. The normalized spacial score (nSPS) is 21.3. The lowest BCUT2D eigenvalue weighted by atomic mass is 10.1. The number of carbonyl (C=O) groups is 5. The Morgan fingerprint density at radius 3 is 1.70 bits per heavy atom. The van der Waals surface area contributed by atoms with Crippen LogP contribution in [0, 0.1) is 0 Å². The largest absolute Gasteiger partial charge is 0.493 e. The third-order valence-corrected chi connectivity index (χ3v) is 11.0. The van der Waals surface area contributed by atoms with Crippen molar-refractivity contribution in [1.82, 2.24) is 14.7 Å². The lowest BCUT2D eigenvalue weighted by molar-refractivity contribution is -0.116. The van der Waals surface area contributed by atoms with Gasteiger partial charge in [-0.1, -0.05) is 0 Å². The molecule has 3 aromatic rings. The second-order valence-electron chi connectivity index (χ2n) is 14.7. The van der Waals surface area contributed by atoms with Crippen molar-refractivity contribution in [1.29, 1.82) is 0 Å². The smallest absolute Gasteiger partial charge is 0.260 e. The van der Waals surface area contributed by atoms with Crippen LogP contribution in [0.15, 0.2) is 87.1 Å². The Balaban J connectivity index is 0.819. The highest BCUT2D eigenvalue weighted by atomic mass is 16.5. The standard InChI is InChI=1S/C42H38N8O7/c1-56-36-16-32-35(17-37(36)57-2)45-20-29-11-24(22-50(29)42(32)55)13-39(52)47-26-6-8-31-34(15-26)44-19-28-10-23(21-49(28)41(31)54)12-38(51)46-25-5-7-30-33(14-25)43-18-27-4-3-9-48(27)40(30)53/h5-8,14-22,27-29H,3-4,9-13H2,1-2H3,(H,46,51)(H,47,52)/t27-,28-,29-/m0/s1. The number of hydrogen-bond donors (Lipinski definition) is 2. The first kappa shape index (κ1) is 35.8. The maximum Gasteiger partial charge on any atom is 0.260 e. The van der Waals surface area contributed by atoms with E-state index in [0.29, 0.717) is 76.0 Å². The van der Waals surface area contributed by atoms with Gasteiger partial charge in [-0.3, -0.25) is 38.9 Å². The van der Waals surface area contributed by atoms with E-state index in [1.54, 1.807) is 83.2 Å². The van der Waals surface area contributed by atoms with E-state index in [1.807, 2.05) is 11.1 Å². The zero-order chi connectivity index (χ0) is 39.4. The molecule has 3 aromatic carbocycles. The number of benzene rings is 3. The molecule has 6 heterocycles. The van der Waals surface area contributed by atoms with Gasteiger partial charge in [0.25, 0.3) is 17.7 Å². The number of methoxy groups -OCH3 is 2. The van der Waals surface area contributed by atoms with Gasteiger partial charge in [-0.2, -0.15) is 0 Å². The van der Waals surface area contributed by atoms with Gasteiger partial charge in [-0.15, -0.1) is 0 Å². The molecule has 0 bridgehead atoms. The monoisotopic (exact) mass is 766 g/mol. The fourth-order valence-electron chi connectivity index (χ4n) is 8.22. The van der Waals surface area contributed by atoms with Crippen molar-refractivity contribution in [2.75, 3.05) is 31.4 Å². The average molecular weight is 767 g/mol. The van der Waals surface area contributed by atoms with Crippen LogP contribution in [0.3, 0.4) is 0 Å². The summed E-state index contributed by atoms with van der Waals surface area (Å²) in [6.45, 7) is 0.714. The number of nitrogens with one attached hydrogen (secondary N) is 2. The van der Waals surface area contributed by atoms with Crippen molar-refractivity contribution in [3.05, 3.63) is 88.8 Å². The molecule has 1 fully saturated rings. The Kier molecular flexibility index (Phi) is 8.98. The summed E-state index contributed by atoms with van der Waals surface area (Å²) in [5.41, 5.74) is 5.26. The number of hydrogen-bond acceptors (Lipinski definition) is 10. The minimum Gasteiger partial charge on any atom is -0.493 e. The Labute approximate surface area is 327 Å². The fraction of sp³-hybridized carbons (Fsp3) is 0.286. The second-order valence-corrected chi connectivity index (χ2v) is 14.7. The van der Waals surface area contributed by atoms with Crippen LogP contribution in [0.25, 0.3) is 0 Å². The van der Waals surface area contributed by atoms with Crippen LogP contribution in [0.5, 0.6) is 11.5 Å². The highest BCUT2D eigenvalue weighted by Crippen LogP contribution is 2.39. The van der Waals surface area contributed by atoms with E-state index >= 15 is 0 Å². The van der Waals surface area contributed by atoms with Gasteiger partial charge in [0.15, 0.2) is 11.5 Å². The molecular weight excluding hydrogens is 729 g/mol. The van der Waals surface area contributed by atoms with Crippen LogP contribution >= 0.6 is 0 Å². The van der Waals surface area contributed by atoms with Crippen LogP contribution in [-0.2, 0) is 9.59 Å². The number of anilines is 2. The van der Waals surface area contributed by atoms with Gasteiger partial charge in [-0.05, 0) is 79.3 Å². The molecule has 0 spiro atoms. The Morgan fingerprint density at radius 2 is 1.14 bits per heavy atom. The number of ether oxygens (including phenoxy) is 2. The summed E-state index contributed by atoms with van der Waals surface area (Å²) in [7, 11) is 3.02. The number of fused-ring (bicyclic) bond motifs is 6. The highest BCUT2D eigenvalue weighted by Gasteiger charge is 2.36. The first-order chi connectivity index (χ1) is 27.6. The minimum atomic E-state index is -0.369. The summed E-state index contributed by atoms with van der Waals surface area (Å²) in [5.74, 6) is -0.192. The average Bonchev–Trinajstić information content (AvgIpc) is 3.90. The first-order valence-electron chi connectivity index (χ1n) is 18.8. The lowest BCUT2D eigenvalue weighted by Gasteiger charge is -2.19. The van der Waals surface area contributed by atoms with Gasteiger partial charge < -0.3 is 34.8 Å². The SMILES string of the molecule is COc1cc2c(cc1OC)C(=O)N1C=C(CC(=O)Nc3ccc4c(c3)N=C[C@@H]3CC(CC(=O)Nc5ccc6c(c5)N=C[C@@H]5CCCN5C6=O)=CN3C4=O)C[C@H]1C=N2. The molecule has 9 rings (SSSR count). The van der Waals surface area contributed by atoms with E-state index < -0.39 is 0 Å². The van der Waals surface area contributed by atoms with Gasteiger partial charge in [0, 0.05) is 67.9 Å². The molecule has 0 saturated carbocycles. The number of amides is 5. The zero-order valence-corrected chi connectivity index (χ0v) is 31.2. The molecule has 288 valence electrons. The molecule has 6 aliphatic heterocycles. The van der Waals surface area contributed by atoms with Crippen LogP contribution in [0.1, 0.15) is 69.6 Å². The molecule has 1 saturated heterocycles. The Morgan fingerprint density at radius 1 is 0.649 bits per heavy atom. The van der Waals surface area contributed by atoms with Gasteiger partial charge >= 0.3 is 0 Å². The van der Waals surface area contributed by atoms with Crippen molar-refractivity contribution < 1.29 is 33.4 Å². The van der Waals surface area contributed by atoms with E-state index in [4.69, 9.17) is 9.47 Å². The van der Waals surface area contributed by atoms with Crippen molar-refractivity contribution in [3.8, 4) is 11.5 Å². The van der Waals surface area contributed by atoms with Crippen LogP contribution in [0.4, 0.5) is 28.4 Å². The fourth-order valence-corrected chi connectivity index (χ4v) is 8.22. The van der Waals surface area contributed by atoms with Gasteiger partial charge in [0.1, 0.15) is 0 Å². The second kappa shape index (κ2) is 14.3. The third kappa shape index (κ3) is 6.64. The predicted octanol–water partition coefficient (Wildman–Crippen LogP) is 5.71. The zero-order valence-electron chi connectivity index (χ0n) is 31.2. The number of rotatable bonds is 8. The van der Waals surface area contributed by atoms with Crippen LogP contribution in [0.2, 0.25) is 0 Å². The molecule has 0 aromatic heterocycles. The summed E-state index contributed by atoms with van der Waals surface area (Å²) < 4.78 is 10.7. The predicted molar refractivity (Wildman–Crippen MR) is 213 cm³/mol. The van der Waals surface area contributed by atoms with Crippen molar-refractivity contribution in [3.63, 3.8) is 0 Å². The van der Waals surface area contributed by atoms with Crippen molar-refractivity contribution >= 4 is 76.6 Å². The molecule has 6 aliphatic rings. The van der Waals surface area contributed by atoms with E-state index in [2.05, 4.69) is 25.6 Å². The maximum atomic E-state index is 13.7. The topological polar surface area (TPSA) is 175 Å². The van der Waals surface area contributed by atoms with E-state index in [-0.39, 0.29) is 60.5 Å². The minimum absolute atomic E-state index is 0.00341. The van der Waals surface area contributed by atoms with E-state index in [0.717, 1.165) is 24.0 Å². The summed E-state index contributed by atoms with van der Waals surface area (Å²) in [4.78, 5) is 85.3. The number of aliphatic imine (C=N–C) groups is 3. The maximum absolute atomic E-state index is 13.7. The van der Waals surface area contributed by atoms with Gasteiger partial charge in [0.2, 0.25) is 11.8 Å². The third-order valence-electron chi connectivity index (χ3n) is 11.0. The molecule has 15 heteroatoms. The summed E-state index contributed by atoms with van der Waals surface area (Å²) in [5, 5.41) is 5.82. The molecule has 0 aliphatic carbocycles. The van der Waals surface area contributed by atoms with Crippen LogP contribution in [-0.4, -0.2) is 102 Å². The van der Waals surface area contributed by atoms with Gasteiger partial charge in [-0.25, -0.2) is 0 Å². The number of carbonyl (C=O) groups excluding carboxylic acids is 5. The molecule has 0 unspecified atom stereocenters. The summed E-state index contributed by atoms with van der Waals surface area (Å²) in [6.07, 6.45) is 11.5. The molecule has 3 atom stereocenters. The lowest BCUT2D eigenvalue weighted by Crippen LogP contribution is -2.35. The van der Waals surface area contributed by atoms with Crippen molar-refractivity contribution in [2.45, 2.75) is 56.7 Å².